The fourth-order valence-corrected chi connectivity index (χ4v) is 10.4. The molecule has 326 valence electrons. The third-order valence-electron chi connectivity index (χ3n) is 13.6. The lowest BCUT2D eigenvalue weighted by molar-refractivity contribution is 0.355. The summed E-state index contributed by atoms with van der Waals surface area (Å²) in [6.45, 7) is 13.7. The van der Waals surface area contributed by atoms with Crippen molar-refractivity contribution >= 4 is 97.0 Å². The first-order valence-corrected chi connectivity index (χ1v) is 21.6. The van der Waals surface area contributed by atoms with Gasteiger partial charge >= 0.3 is 0 Å². The summed E-state index contributed by atoms with van der Waals surface area (Å²) >= 11 is 0. The standard InChI is InChI=1S/C56H54O8/c1-55(2,3)27-15-37-49-33-23-45(61-11)41(57-7)19-29(33)31-21-43(59-9)47(63-13)25-35(31)51(49)39-17-28(56(4,5)6)18-40-52-36-26-48(64-14)44(60-10)22-32(36)30-20-42(58-8)46(62-12)24-34(30)50(52)38(16-27)53(37)54(39)40/h15-26H,1-14H3. The largest absolute Gasteiger partial charge is 0.493 e. The lowest BCUT2D eigenvalue weighted by Crippen LogP contribution is -2.12. The van der Waals surface area contributed by atoms with Crippen LogP contribution in [0, 0.1) is 0 Å². The summed E-state index contributed by atoms with van der Waals surface area (Å²) in [7, 11) is 13.5. The van der Waals surface area contributed by atoms with Crippen LogP contribution in [0.4, 0.5) is 0 Å². The average Bonchev–Trinajstić information content (AvgIpc) is 3.29. The zero-order valence-electron chi connectivity index (χ0n) is 39.2. The first kappa shape index (κ1) is 41.2. The summed E-state index contributed by atoms with van der Waals surface area (Å²) < 4.78 is 48.3. The lowest BCUT2D eigenvalue weighted by Gasteiger charge is -2.28. The highest BCUT2D eigenvalue weighted by Gasteiger charge is 2.29. The predicted molar refractivity (Wildman–Crippen MR) is 265 cm³/mol. The highest BCUT2D eigenvalue weighted by Crippen LogP contribution is 2.56. The number of methoxy groups -OCH3 is 8. The minimum atomic E-state index is -0.225. The van der Waals surface area contributed by atoms with E-state index in [0.29, 0.717) is 46.0 Å². The Morgan fingerprint density at radius 1 is 0.219 bits per heavy atom. The number of fused-ring (bicyclic) bond motifs is 16. The predicted octanol–water partition coefficient (Wildman–Crippen LogP) is 14.2. The van der Waals surface area contributed by atoms with E-state index in [1.807, 2.05) is 0 Å². The second-order valence-electron chi connectivity index (χ2n) is 18.9. The molecule has 0 atom stereocenters. The molecule has 0 amide bonds. The zero-order valence-corrected chi connectivity index (χ0v) is 39.2. The van der Waals surface area contributed by atoms with Gasteiger partial charge in [-0.15, -0.1) is 0 Å². The molecule has 0 heterocycles. The minimum absolute atomic E-state index is 0.225. The topological polar surface area (TPSA) is 73.8 Å². The third kappa shape index (κ3) is 5.66. The van der Waals surface area contributed by atoms with Crippen molar-refractivity contribution < 1.29 is 37.9 Å². The number of ether oxygens (including phenoxy) is 8. The molecule has 0 bridgehead atoms. The molecule has 0 unspecified atom stereocenters. The van der Waals surface area contributed by atoms with Gasteiger partial charge in [0, 0.05) is 0 Å². The second-order valence-corrected chi connectivity index (χ2v) is 18.9. The van der Waals surface area contributed by atoms with Crippen LogP contribution in [-0.2, 0) is 10.8 Å². The smallest absolute Gasteiger partial charge is 0.161 e. The summed E-state index contributed by atoms with van der Waals surface area (Å²) in [4.78, 5) is 0. The number of rotatable bonds is 8. The number of benzene rings is 10. The molecule has 0 aliphatic carbocycles. The van der Waals surface area contributed by atoms with Crippen LogP contribution in [0.5, 0.6) is 46.0 Å². The van der Waals surface area contributed by atoms with Crippen molar-refractivity contribution in [1.29, 1.82) is 0 Å². The van der Waals surface area contributed by atoms with Gasteiger partial charge in [-0.25, -0.2) is 0 Å². The highest BCUT2D eigenvalue weighted by atomic mass is 16.5. The van der Waals surface area contributed by atoms with E-state index < -0.39 is 0 Å². The van der Waals surface area contributed by atoms with Gasteiger partial charge in [-0.2, -0.15) is 0 Å². The minimum Gasteiger partial charge on any atom is -0.493 e. The molecule has 0 aromatic heterocycles. The van der Waals surface area contributed by atoms with Crippen molar-refractivity contribution in [3.05, 3.63) is 83.9 Å². The first-order valence-electron chi connectivity index (χ1n) is 21.6. The van der Waals surface area contributed by atoms with Crippen LogP contribution in [0.2, 0.25) is 0 Å². The molecule has 0 N–H and O–H groups in total. The molecule has 64 heavy (non-hydrogen) atoms. The molecule has 0 aliphatic heterocycles. The molecule has 0 aliphatic rings. The normalized spacial score (nSPS) is 12.5. The van der Waals surface area contributed by atoms with E-state index in [9.17, 15) is 0 Å². The van der Waals surface area contributed by atoms with Gasteiger partial charge in [0.25, 0.3) is 0 Å². The van der Waals surface area contributed by atoms with Crippen LogP contribution in [0.25, 0.3) is 97.0 Å². The molecule has 0 saturated heterocycles. The highest BCUT2D eigenvalue weighted by molar-refractivity contribution is 6.50. The summed E-state index contributed by atoms with van der Waals surface area (Å²) in [5, 5.41) is 19.7. The molecule has 8 nitrogen and oxygen atoms in total. The van der Waals surface area contributed by atoms with E-state index in [4.69, 9.17) is 37.9 Å². The SMILES string of the molecule is COc1cc2c3cc(OC)c(OC)cc3c3c4cc(C(C)(C)C)cc5c6c7cc(OC)c(OC)cc7c7cc(OC)c(OC)cc7c6c6cc(C(C)(C)C)cc(c3c2cc1OC)c6c45. The summed E-state index contributed by atoms with van der Waals surface area (Å²) in [6, 6.07) is 26.7. The second kappa shape index (κ2) is 14.4. The van der Waals surface area contributed by atoms with Gasteiger partial charge in [0.1, 0.15) is 0 Å². The maximum Gasteiger partial charge on any atom is 0.161 e. The quantitative estimate of drug-likeness (QED) is 0.111. The van der Waals surface area contributed by atoms with Gasteiger partial charge in [-0.05, 0) is 192 Å². The van der Waals surface area contributed by atoms with Gasteiger partial charge in [-0.1, -0.05) is 41.5 Å². The summed E-state index contributed by atoms with van der Waals surface area (Å²) in [6.07, 6.45) is 0. The third-order valence-corrected chi connectivity index (χ3v) is 13.6. The molecular formula is C56H54O8. The molecule has 0 saturated carbocycles. The monoisotopic (exact) mass is 854 g/mol. The fourth-order valence-electron chi connectivity index (χ4n) is 10.4. The lowest BCUT2D eigenvalue weighted by atomic mass is 9.76. The Balaban J connectivity index is 1.66. The van der Waals surface area contributed by atoms with Crippen molar-refractivity contribution in [3.63, 3.8) is 0 Å². The van der Waals surface area contributed by atoms with Crippen molar-refractivity contribution in [2.75, 3.05) is 56.9 Å². The first-order chi connectivity index (χ1) is 30.6. The van der Waals surface area contributed by atoms with Crippen molar-refractivity contribution in [3.8, 4) is 46.0 Å². The Morgan fingerprint density at radius 3 is 0.531 bits per heavy atom. The van der Waals surface area contributed by atoms with E-state index in [2.05, 4.69) is 114 Å². The molecule has 10 rings (SSSR count). The van der Waals surface area contributed by atoms with Crippen molar-refractivity contribution in [1.82, 2.24) is 0 Å². The van der Waals surface area contributed by atoms with Gasteiger partial charge in [0.05, 0.1) is 56.9 Å². The van der Waals surface area contributed by atoms with E-state index in [1.165, 1.54) is 21.9 Å². The van der Waals surface area contributed by atoms with Crippen LogP contribution < -0.4 is 37.9 Å². The Morgan fingerprint density at radius 2 is 0.375 bits per heavy atom. The summed E-state index contributed by atoms with van der Waals surface area (Å²) in [5.74, 6) is 5.20. The maximum absolute atomic E-state index is 6.08. The van der Waals surface area contributed by atoms with Crippen LogP contribution in [0.15, 0.2) is 72.8 Å². The molecule has 0 spiro atoms. The van der Waals surface area contributed by atoms with E-state index in [1.54, 1.807) is 56.9 Å². The van der Waals surface area contributed by atoms with Crippen LogP contribution in [0.1, 0.15) is 52.7 Å². The van der Waals surface area contributed by atoms with Crippen LogP contribution in [-0.4, -0.2) is 56.9 Å². The molecule has 10 aromatic carbocycles. The van der Waals surface area contributed by atoms with Crippen molar-refractivity contribution in [2.24, 2.45) is 0 Å². The molecular weight excluding hydrogens is 801 g/mol. The van der Waals surface area contributed by atoms with Gasteiger partial charge in [-0.3, -0.25) is 0 Å². The molecule has 8 heteroatoms. The Kier molecular flexibility index (Phi) is 9.25. The number of hydrogen-bond donors (Lipinski definition) is 0. The Hall–Kier alpha value is -6.80. The average molecular weight is 855 g/mol. The van der Waals surface area contributed by atoms with Crippen LogP contribution in [0.3, 0.4) is 0 Å². The van der Waals surface area contributed by atoms with Gasteiger partial charge in [0.15, 0.2) is 46.0 Å². The van der Waals surface area contributed by atoms with Crippen molar-refractivity contribution in [2.45, 2.75) is 52.4 Å². The van der Waals surface area contributed by atoms with E-state index in [-0.39, 0.29) is 10.8 Å². The van der Waals surface area contributed by atoms with Gasteiger partial charge in [0.2, 0.25) is 0 Å². The Labute approximate surface area is 372 Å². The molecule has 0 fully saturated rings. The number of hydrogen-bond acceptors (Lipinski definition) is 8. The molecule has 0 radical (unpaired) electrons. The van der Waals surface area contributed by atoms with Gasteiger partial charge < -0.3 is 37.9 Å². The molecule has 10 aromatic rings. The fraction of sp³-hybridized carbons (Fsp3) is 0.286. The maximum atomic E-state index is 6.08. The van der Waals surface area contributed by atoms with Crippen LogP contribution >= 0.6 is 0 Å². The van der Waals surface area contributed by atoms with E-state index in [0.717, 1.165) is 86.2 Å². The zero-order chi connectivity index (χ0) is 45.3. The summed E-state index contributed by atoms with van der Waals surface area (Å²) in [5.41, 5.74) is 1.96. The Bertz CT molecular complexity index is 3150. The van der Waals surface area contributed by atoms with E-state index >= 15 is 0 Å².